The third-order valence-electron chi connectivity index (χ3n) is 2.26. The molecular weight excluding hydrogens is 245 g/mol. The van der Waals surface area contributed by atoms with E-state index in [1.54, 1.807) is 6.07 Å². The summed E-state index contributed by atoms with van der Waals surface area (Å²) in [5.74, 6) is -0.147. The van der Waals surface area contributed by atoms with E-state index in [-0.39, 0.29) is 11.3 Å². The molecule has 1 rings (SSSR count). The Morgan fingerprint density at radius 3 is 2.81 bits per heavy atom. The number of hydrogen-bond acceptors (Lipinski definition) is 1. The predicted octanol–water partition coefficient (Wildman–Crippen LogP) is 3.40. The van der Waals surface area contributed by atoms with Gasteiger partial charge in [0.2, 0.25) is 0 Å². The fourth-order valence-corrected chi connectivity index (χ4v) is 1.62. The van der Waals surface area contributed by atoms with Crippen molar-refractivity contribution in [3.8, 4) is 0 Å². The van der Waals surface area contributed by atoms with Crippen LogP contribution in [0, 0.1) is 6.92 Å². The number of benzene rings is 1. The molecule has 88 valence electrons. The first kappa shape index (κ1) is 13.3. The van der Waals surface area contributed by atoms with Crippen LogP contribution in [0.2, 0.25) is 5.02 Å². The first-order chi connectivity index (χ1) is 7.52. The molecule has 0 spiro atoms. The van der Waals surface area contributed by atoms with E-state index in [0.717, 1.165) is 12.0 Å². The molecule has 0 aliphatic carbocycles. The summed E-state index contributed by atoms with van der Waals surface area (Å²) < 4.78 is 0. The number of nitrogens with one attached hydrogen (secondary N) is 1. The molecular formula is C12H15Cl2NO. The molecule has 4 heteroatoms. The molecule has 1 amide bonds. The number of carbonyl (C=O) groups is 1. The summed E-state index contributed by atoms with van der Waals surface area (Å²) in [4.78, 5) is 11.8. The van der Waals surface area contributed by atoms with Crippen molar-refractivity contribution in [3.05, 3.63) is 34.3 Å². The van der Waals surface area contributed by atoms with Crippen molar-refractivity contribution in [3.63, 3.8) is 0 Å². The second-order valence-electron chi connectivity index (χ2n) is 3.76. The lowest BCUT2D eigenvalue weighted by Crippen LogP contribution is -2.26. The number of rotatable bonds is 4. The highest BCUT2D eigenvalue weighted by molar-refractivity contribution is 6.34. The van der Waals surface area contributed by atoms with Gasteiger partial charge < -0.3 is 5.32 Å². The minimum atomic E-state index is -0.147. The highest BCUT2D eigenvalue weighted by Gasteiger charge is 2.10. The lowest BCUT2D eigenvalue weighted by atomic mass is 10.1. The number of carbonyl (C=O) groups excluding carboxylic acids is 1. The minimum absolute atomic E-state index is 0.0632. The average Bonchev–Trinajstić information content (AvgIpc) is 2.21. The lowest BCUT2D eigenvalue weighted by Gasteiger charge is -2.08. The Balaban J connectivity index is 2.63. The Morgan fingerprint density at radius 1 is 1.50 bits per heavy atom. The van der Waals surface area contributed by atoms with Crippen molar-refractivity contribution < 1.29 is 4.79 Å². The van der Waals surface area contributed by atoms with E-state index in [4.69, 9.17) is 23.2 Å². The average molecular weight is 260 g/mol. The lowest BCUT2D eigenvalue weighted by molar-refractivity contribution is 0.0953. The van der Waals surface area contributed by atoms with E-state index < -0.39 is 0 Å². The fourth-order valence-electron chi connectivity index (χ4n) is 1.30. The second-order valence-corrected chi connectivity index (χ2v) is 4.88. The van der Waals surface area contributed by atoms with Crippen molar-refractivity contribution in [2.24, 2.45) is 0 Å². The quantitative estimate of drug-likeness (QED) is 0.826. The summed E-state index contributed by atoms with van der Waals surface area (Å²) in [5.41, 5.74) is 1.42. The molecule has 0 aliphatic rings. The Hall–Kier alpha value is -0.730. The van der Waals surface area contributed by atoms with Crippen molar-refractivity contribution in [1.82, 2.24) is 5.32 Å². The van der Waals surface area contributed by atoms with Crippen LogP contribution in [-0.4, -0.2) is 17.8 Å². The first-order valence-corrected chi connectivity index (χ1v) is 6.01. The van der Waals surface area contributed by atoms with Gasteiger partial charge in [-0.05, 0) is 31.9 Å². The zero-order chi connectivity index (χ0) is 12.1. The molecule has 2 nitrogen and oxygen atoms in total. The molecule has 1 unspecified atom stereocenters. The Bertz CT molecular complexity index is 377. The fraction of sp³-hybridized carbons (Fsp3) is 0.417. The van der Waals surface area contributed by atoms with Gasteiger partial charge in [-0.1, -0.05) is 23.7 Å². The molecule has 0 aliphatic heterocycles. The van der Waals surface area contributed by atoms with Gasteiger partial charge in [0.1, 0.15) is 0 Å². The number of alkyl halides is 1. The molecule has 0 saturated carbocycles. The summed E-state index contributed by atoms with van der Waals surface area (Å²) in [7, 11) is 0. The van der Waals surface area contributed by atoms with Gasteiger partial charge in [-0.25, -0.2) is 0 Å². The van der Waals surface area contributed by atoms with Gasteiger partial charge in [-0.15, -0.1) is 11.6 Å². The maximum atomic E-state index is 11.8. The van der Waals surface area contributed by atoms with Gasteiger partial charge in [-0.2, -0.15) is 0 Å². The van der Waals surface area contributed by atoms with E-state index in [0.29, 0.717) is 17.1 Å². The normalized spacial score (nSPS) is 12.2. The van der Waals surface area contributed by atoms with Crippen molar-refractivity contribution in [2.75, 3.05) is 6.54 Å². The largest absolute Gasteiger partial charge is 0.352 e. The van der Waals surface area contributed by atoms with Crippen molar-refractivity contribution in [1.29, 1.82) is 0 Å². The van der Waals surface area contributed by atoms with Crippen LogP contribution >= 0.6 is 23.2 Å². The zero-order valence-corrected chi connectivity index (χ0v) is 10.9. The minimum Gasteiger partial charge on any atom is -0.352 e. The van der Waals surface area contributed by atoms with E-state index in [2.05, 4.69) is 5.32 Å². The maximum Gasteiger partial charge on any atom is 0.252 e. The SMILES string of the molecule is Cc1cccc(C(=O)NCCC(C)Cl)c1Cl. The molecule has 0 radical (unpaired) electrons. The molecule has 1 aromatic rings. The summed E-state index contributed by atoms with van der Waals surface area (Å²) in [5, 5.41) is 3.37. The topological polar surface area (TPSA) is 29.1 Å². The van der Waals surface area contributed by atoms with E-state index in [1.807, 2.05) is 26.0 Å². The van der Waals surface area contributed by atoms with Crippen LogP contribution in [0.5, 0.6) is 0 Å². The Kier molecular flexibility index (Phi) is 5.10. The molecule has 1 atom stereocenters. The van der Waals surface area contributed by atoms with Crippen LogP contribution in [0.4, 0.5) is 0 Å². The van der Waals surface area contributed by atoms with Crippen LogP contribution < -0.4 is 5.32 Å². The molecule has 16 heavy (non-hydrogen) atoms. The molecule has 0 bridgehead atoms. The molecule has 1 N–H and O–H groups in total. The molecule has 0 aromatic heterocycles. The van der Waals surface area contributed by atoms with Crippen LogP contribution in [0.3, 0.4) is 0 Å². The van der Waals surface area contributed by atoms with Crippen LogP contribution in [0.15, 0.2) is 18.2 Å². The number of aryl methyl sites for hydroxylation is 1. The first-order valence-electron chi connectivity index (χ1n) is 5.19. The highest BCUT2D eigenvalue weighted by atomic mass is 35.5. The summed E-state index contributed by atoms with van der Waals surface area (Å²) in [6.07, 6.45) is 0.747. The molecule has 0 heterocycles. The number of amides is 1. The summed E-state index contributed by atoms with van der Waals surface area (Å²) >= 11 is 11.8. The van der Waals surface area contributed by atoms with Crippen LogP contribution in [-0.2, 0) is 0 Å². The van der Waals surface area contributed by atoms with Gasteiger partial charge >= 0.3 is 0 Å². The molecule has 0 saturated heterocycles. The van der Waals surface area contributed by atoms with Crippen LogP contribution in [0.25, 0.3) is 0 Å². The standard InChI is InChI=1S/C12H15Cl2NO/c1-8-4-3-5-10(11(8)14)12(16)15-7-6-9(2)13/h3-5,9H,6-7H2,1-2H3,(H,15,16). The third-order valence-corrected chi connectivity index (χ3v) is 2.98. The number of hydrogen-bond donors (Lipinski definition) is 1. The Labute approximate surface area is 106 Å². The van der Waals surface area contributed by atoms with Gasteiger partial charge in [0, 0.05) is 11.9 Å². The predicted molar refractivity (Wildman–Crippen MR) is 68.5 cm³/mol. The second kappa shape index (κ2) is 6.12. The van der Waals surface area contributed by atoms with Gasteiger partial charge in [0.25, 0.3) is 5.91 Å². The van der Waals surface area contributed by atoms with Gasteiger partial charge in [0.15, 0.2) is 0 Å². The van der Waals surface area contributed by atoms with Gasteiger partial charge in [-0.3, -0.25) is 4.79 Å². The van der Waals surface area contributed by atoms with Crippen LogP contribution in [0.1, 0.15) is 29.3 Å². The summed E-state index contributed by atoms with van der Waals surface area (Å²) in [6.45, 7) is 4.33. The van der Waals surface area contributed by atoms with Crippen molar-refractivity contribution in [2.45, 2.75) is 25.6 Å². The molecule has 1 aromatic carbocycles. The monoisotopic (exact) mass is 259 g/mol. The third kappa shape index (κ3) is 3.69. The summed E-state index contributed by atoms with van der Waals surface area (Å²) in [6, 6.07) is 5.41. The van der Waals surface area contributed by atoms with E-state index in [9.17, 15) is 4.79 Å². The van der Waals surface area contributed by atoms with Gasteiger partial charge in [0.05, 0.1) is 10.6 Å². The van der Waals surface area contributed by atoms with Crippen molar-refractivity contribution >= 4 is 29.1 Å². The maximum absolute atomic E-state index is 11.8. The molecule has 0 fully saturated rings. The van der Waals surface area contributed by atoms with E-state index >= 15 is 0 Å². The highest BCUT2D eigenvalue weighted by Crippen LogP contribution is 2.19. The smallest absolute Gasteiger partial charge is 0.252 e. The number of halogens is 2. The Morgan fingerprint density at radius 2 is 2.19 bits per heavy atom. The zero-order valence-electron chi connectivity index (χ0n) is 9.39. The van der Waals surface area contributed by atoms with E-state index in [1.165, 1.54) is 0 Å².